The molecule has 1 nitrogen and oxygen atoms in total. The van der Waals surface area contributed by atoms with Crippen LogP contribution >= 0.6 is 11.9 Å². The van der Waals surface area contributed by atoms with Gasteiger partial charge in [0.15, 0.2) is 17.7 Å². The molecule has 1 aliphatic heterocycles. The van der Waals surface area contributed by atoms with Gasteiger partial charge in [0.1, 0.15) is 7.05 Å². The minimum absolute atomic E-state index is 0.806. The molecule has 1 heterocycles. The van der Waals surface area contributed by atoms with Crippen molar-refractivity contribution in [3.05, 3.63) is 0 Å². The predicted molar refractivity (Wildman–Crippen MR) is 38.5 cm³/mol. The van der Waals surface area contributed by atoms with Crippen LogP contribution in [-0.2, 0) is 0 Å². The van der Waals surface area contributed by atoms with Gasteiger partial charge < -0.3 is 0 Å². The molecular formula is C6H12NS+. The van der Waals surface area contributed by atoms with Gasteiger partial charge in [0.2, 0.25) is 0 Å². The molecule has 46 valence electrons. The summed E-state index contributed by atoms with van der Waals surface area (Å²) in [4.78, 5) is 0. The van der Waals surface area contributed by atoms with Crippen LogP contribution in [0.3, 0.4) is 0 Å². The Balaban J connectivity index is 2.60. The van der Waals surface area contributed by atoms with Crippen molar-refractivity contribution in [2.75, 3.05) is 7.05 Å². The highest BCUT2D eigenvalue weighted by Gasteiger charge is 2.23. The Bertz CT molecular complexity index is 114. The smallest absolute Gasteiger partial charge is 0.164 e. The second kappa shape index (κ2) is 2.09. The first-order valence-electron chi connectivity index (χ1n) is 2.93. The molecule has 0 saturated carbocycles. The van der Waals surface area contributed by atoms with E-state index in [9.17, 15) is 0 Å². The fraction of sp³-hybridized carbons (Fsp3) is 0.833. The van der Waals surface area contributed by atoms with Crippen LogP contribution in [0.15, 0.2) is 0 Å². The minimum atomic E-state index is 0.806. The second-order valence-corrected chi connectivity index (χ2v) is 3.92. The quantitative estimate of drug-likeness (QED) is 0.355. The van der Waals surface area contributed by atoms with Crippen LogP contribution in [0.5, 0.6) is 0 Å². The van der Waals surface area contributed by atoms with E-state index in [0.717, 1.165) is 5.25 Å². The molecule has 2 heteroatoms. The Morgan fingerprint density at radius 2 is 2.38 bits per heavy atom. The molecule has 0 radical (unpaired) electrons. The van der Waals surface area contributed by atoms with Gasteiger partial charge in [-0.15, -0.1) is 0 Å². The normalized spacial score (nSPS) is 29.6. The molecule has 0 fully saturated rings. The van der Waals surface area contributed by atoms with E-state index >= 15 is 0 Å². The summed E-state index contributed by atoms with van der Waals surface area (Å²) in [5, 5.41) is 0.806. The zero-order valence-electron chi connectivity index (χ0n) is 5.64. The van der Waals surface area contributed by atoms with Gasteiger partial charge in [-0.1, -0.05) is 0 Å². The molecule has 0 amide bonds. The largest absolute Gasteiger partial charge is 0.169 e. The zero-order valence-corrected chi connectivity index (χ0v) is 6.46. The van der Waals surface area contributed by atoms with Crippen LogP contribution in [0.2, 0.25) is 0 Å². The summed E-state index contributed by atoms with van der Waals surface area (Å²) >= 11 is 1.92. The van der Waals surface area contributed by atoms with Crippen LogP contribution in [0.1, 0.15) is 20.3 Å². The van der Waals surface area contributed by atoms with Crippen molar-refractivity contribution in [1.29, 1.82) is 0 Å². The van der Waals surface area contributed by atoms with E-state index in [1.807, 2.05) is 11.9 Å². The lowest BCUT2D eigenvalue weighted by molar-refractivity contribution is -0.304. The standard InChI is InChI=1S/C6H12NS/c1-5-4-6(2)8-7(5)3/h6H,4H2,1-3H3/q+1. The third-order valence-electron chi connectivity index (χ3n) is 1.46. The lowest BCUT2D eigenvalue weighted by atomic mass is 10.2. The van der Waals surface area contributed by atoms with Gasteiger partial charge in [-0.25, -0.2) is 0 Å². The third-order valence-corrected chi connectivity index (χ3v) is 2.61. The molecule has 0 aromatic rings. The molecule has 0 aromatic carbocycles. The van der Waals surface area contributed by atoms with E-state index in [4.69, 9.17) is 0 Å². The number of nitrogens with zero attached hydrogens (tertiary/aromatic N) is 1. The summed E-state index contributed by atoms with van der Waals surface area (Å²) in [5.41, 5.74) is 1.50. The lowest BCUT2D eigenvalue weighted by Crippen LogP contribution is -1.97. The molecule has 0 saturated heterocycles. The van der Waals surface area contributed by atoms with E-state index in [1.54, 1.807) is 0 Å². The van der Waals surface area contributed by atoms with Gasteiger partial charge in [0.25, 0.3) is 0 Å². The van der Waals surface area contributed by atoms with E-state index in [2.05, 4.69) is 24.9 Å². The molecule has 0 bridgehead atoms. The molecule has 1 aliphatic rings. The highest BCUT2D eigenvalue weighted by molar-refractivity contribution is 7.94. The summed E-state index contributed by atoms with van der Waals surface area (Å²) in [6, 6.07) is 0. The highest BCUT2D eigenvalue weighted by Crippen LogP contribution is 2.21. The molecule has 8 heavy (non-hydrogen) atoms. The lowest BCUT2D eigenvalue weighted by Gasteiger charge is -1.85. The summed E-state index contributed by atoms with van der Waals surface area (Å²) < 4.78 is 2.25. The average Bonchev–Trinajstić information content (AvgIpc) is 1.85. The third kappa shape index (κ3) is 1.05. The van der Waals surface area contributed by atoms with E-state index < -0.39 is 0 Å². The molecular weight excluding hydrogens is 118 g/mol. The van der Waals surface area contributed by atoms with Crippen LogP contribution in [0, 0.1) is 0 Å². The Kier molecular flexibility index (Phi) is 1.61. The zero-order chi connectivity index (χ0) is 6.15. The second-order valence-electron chi connectivity index (χ2n) is 2.35. The fourth-order valence-corrected chi connectivity index (χ4v) is 2.05. The maximum absolute atomic E-state index is 2.26. The predicted octanol–water partition coefficient (Wildman–Crippen LogP) is 1.53. The Morgan fingerprint density at radius 3 is 2.50 bits per heavy atom. The fourth-order valence-electron chi connectivity index (χ4n) is 0.942. The van der Waals surface area contributed by atoms with Crippen molar-refractivity contribution in [2.45, 2.75) is 25.5 Å². The first-order chi connectivity index (χ1) is 3.70. The molecule has 1 rings (SSSR count). The summed E-state index contributed by atoms with van der Waals surface area (Å²) in [7, 11) is 2.13. The van der Waals surface area contributed by atoms with Crippen molar-refractivity contribution in [3.8, 4) is 0 Å². The monoisotopic (exact) mass is 130 g/mol. The number of hydrogen-bond donors (Lipinski definition) is 0. The Labute approximate surface area is 54.9 Å². The first-order valence-corrected chi connectivity index (χ1v) is 3.76. The molecule has 0 spiro atoms. The van der Waals surface area contributed by atoms with Gasteiger partial charge in [0, 0.05) is 13.3 Å². The molecule has 0 aliphatic carbocycles. The minimum Gasteiger partial charge on any atom is -0.169 e. The number of rotatable bonds is 0. The summed E-state index contributed by atoms with van der Waals surface area (Å²) in [6.07, 6.45) is 1.27. The van der Waals surface area contributed by atoms with Crippen LogP contribution in [0.4, 0.5) is 0 Å². The van der Waals surface area contributed by atoms with Crippen LogP contribution in [-0.4, -0.2) is 22.0 Å². The summed E-state index contributed by atoms with van der Waals surface area (Å²) in [5.74, 6) is 0. The van der Waals surface area contributed by atoms with Crippen molar-refractivity contribution >= 4 is 17.7 Å². The highest BCUT2D eigenvalue weighted by atomic mass is 32.2. The van der Waals surface area contributed by atoms with Gasteiger partial charge >= 0.3 is 0 Å². The van der Waals surface area contributed by atoms with Gasteiger partial charge in [-0.05, 0) is 6.92 Å². The summed E-state index contributed by atoms with van der Waals surface area (Å²) in [6.45, 7) is 4.45. The molecule has 0 N–H and O–H groups in total. The Morgan fingerprint density at radius 1 is 1.75 bits per heavy atom. The molecule has 0 aromatic heterocycles. The van der Waals surface area contributed by atoms with Gasteiger partial charge in [-0.2, -0.15) is 3.98 Å². The van der Waals surface area contributed by atoms with Crippen molar-refractivity contribution in [2.24, 2.45) is 0 Å². The van der Waals surface area contributed by atoms with Crippen molar-refractivity contribution in [3.63, 3.8) is 0 Å². The molecule has 1 atom stereocenters. The Hall–Kier alpha value is 0.0200. The first kappa shape index (κ1) is 6.14. The maximum Gasteiger partial charge on any atom is 0.164 e. The van der Waals surface area contributed by atoms with Crippen molar-refractivity contribution in [1.82, 2.24) is 0 Å². The van der Waals surface area contributed by atoms with E-state index in [-0.39, 0.29) is 0 Å². The van der Waals surface area contributed by atoms with Gasteiger partial charge in [0.05, 0.1) is 5.25 Å². The van der Waals surface area contributed by atoms with E-state index in [1.165, 1.54) is 12.1 Å². The average molecular weight is 130 g/mol. The SMILES string of the molecule is CC1=[N+](C)SC(C)C1. The van der Waals surface area contributed by atoms with Crippen LogP contribution in [0.25, 0.3) is 0 Å². The van der Waals surface area contributed by atoms with Crippen LogP contribution < -0.4 is 0 Å². The molecule has 1 unspecified atom stereocenters. The number of hydrogen-bond acceptors (Lipinski definition) is 1. The topological polar surface area (TPSA) is 3.01 Å². The maximum atomic E-state index is 2.26. The van der Waals surface area contributed by atoms with Crippen molar-refractivity contribution < 1.29 is 3.98 Å². The van der Waals surface area contributed by atoms with Gasteiger partial charge in [-0.3, -0.25) is 0 Å². The van der Waals surface area contributed by atoms with E-state index in [0.29, 0.717) is 0 Å².